The van der Waals surface area contributed by atoms with Crippen LogP contribution in [0.2, 0.25) is 0 Å². The lowest BCUT2D eigenvalue weighted by atomic mass is 9.82. The summed E-state index contributed by atoms with van der Waals surface area (Å²) in [5, 5.41) is 3.93. The second kappa shape index (κ2) is 11.8. The zero-order valence-electron chi connectivity index (χ0n) is 31.8. The van der Waals surface area contributed by atoms with Crippen LogP contribution in [0.15, 0.2) is 158 Å². The van der Waals surface area contributed by atoms with E-state index < -0.39 is 0 Å². The third-order valence-electron chi connectivity index (χ3n) is 12.7. The molecule has 9 aromatic rings. The summed E-state index contributed by atoms with van der Waals surface area (Å²) in [6.07, 6.45) is 5.82. The van der Waals surface area contributed by atoms with Crippen LogP contribution >= 0.6 is 0 Å². The Hall–Kier alpha value is -6.38. The van der Waals surface area contributed by atoms with Gasteiger partial charge in [-0.3, -0.25) is 0 Å². The molecule has 7 aromatic carbocycles. The predicted octanol–water partition coefficient (Wildman–Crippen LogP) is 13.7. The van der Waals surface area contributed by atoms with Gasteiger partial charge in [-0.1, -0.05) is 129 Å². The van der Waals surface area contributed by atoms with E-state index >= 15 is 0 Å². The van der Waals surface area contributed by atoms with E-state index in [4.69, 9.17) is 0 Å². The summed E-state index contributed by atoms with van der Waals surface area (Å²) < 4.78 is 4.95. The fourth-order valence-electron chi connectivity index (χ4n) is 10.0. The lowest BCUT2D eigenvalue weighted by Crippen LogP contribution is -2.15. The van der Waals surface area contributed by atoms with Crippen LogP contribution in [0.4, 0.5) is 0 Å². The Kier molecular flexibility index (Phi) is 6.89. The monoisotopic (exact) mass is 706 g/mol. The molecule has 2 heterocycles. The van der Waals surface area contributed by atoms with Crippen molar-refractivity contribution < 1.29 is 0 Å². The molecule has 264 valence electrons. The molecular weight excluding hydrogens is 665 g/mol. The van der Waals surface area contributed by atoms with Gasteiger partial charge in [-0.15, -0.1) is 0 Å². The number of aryl methyl sites for hydroxylation is 2. The van der Waals surface area contributed by atoms with Gasteiger partial charge in [-0.25, -0.2) is 0 Å². The Morgan fingerprint density at radius 3 is 2.05 bits per heavy atom. The molecule has 11 rings (SSSR count). The first-order chi connectivity index (χ1) is 26.9. The van der Waals surface area contributed by atoms with Crippen molar-refractivity contribution in [2.75, 3.05) is 0 Å². The lowest BCUT2D eigenvalue weighted by molar-refractivity contribution is 0.661. The molecule has 0 saturated carbocycles. The van der Waals surface area contributed by atoms with Gasteiger partial charge in [0, 0.05) is 38.9 Å². The molecule has 0 bridgehead atoms. The lowest BCUT2D eigenvalue weighted by Gasteiger charge is -2.22. The third-order valence-corrected chi connectivity index (χ3v) is 12.7. The highest BCUT2D eigenvalue weighted by atomic mass is 15.0. The molecule has 2 heteroatoms. The Balaban J connectivity index is 1.00. The smallest absolute Gasteiger partial charge is 0.0541 e. The maximum atomic E-state index is 2.56. The van der Waals surface area contributed by atoms with Crippen molar-refractivity contribution >= 4 is 38.8 Å². The van der Waals surface area contributed by atoms with Gasteiger partial charge in [0.15, 0.2) is 0 Å². The first-order valence-corrected chi connectivity index (χ1v) is 19.6. The highest BCUT2D eigenvalue weighted by Crippen LogP contribution is 2.51. The molecule has 55 heavy (non-hydrogen) atoms. The molecule has 2 aromatic heterocycles. The van der Waals surface area contributed by atoms with Crippen LogP contribution in [0.3, 0.4) is 0 Å². The summed E-state index contributed by atoms with van der Waals surface area (Å²) in [5.74, 6) is 0.293. The average molecular weight is 707 g/mol. The molecule has 2 nitrogen and oxygen atoms in total. The molecule has 0 N–H and O–H groups in total. The van der Waals surface area contributed by atoms with E-state index in [1.54, 1.807) is 0 Å². The van der Waals surface area contributed by atoms with E-state index in [0.717, 1.165) is 6.42 Å². The molecule has 0 aliphatic heterocycles. The van der Waals surface area contributed by atoms with Crippen LogP contribution in [0, 0.1) is 13.8 Å². The fraction of sp³-hybridized carbons (Fsp3) is 0.132. The summed E-state index contributed by atoms with van der Waals surface area (Å²) in [4.78, 5) is 0. The minimum atomic E-state index is -0.0554. The molecule has 0 spiro atoms. The van der Waals surface area contributed by atoms with Crippen molar-refractivity contribution in [2.45, 2.75) is 45.4 Å². The second-order valence-electron chi connectivity index (χ2n) is 16.2. The number of para-hydroxylation sites is 3. The summed E-state index contributed by atoms with van der Waals surface area (Å²) in [6, 6.07) is 56.5. The molecule has 1 atom stereocenters. The Morgan fingerprint density at radius 1 is 0.527 bits per heavy atom. The number of hydrogen-bond acceptors (Lipinski definition) is 0. The van der Waals surface area contributed by atoms with Crippen molar-refractivity contribution in [1.29, 1.82) is 0 Å². The molecule has 1 unspecified atom stereocenters. The molecular formula is C53H42N2. The maximum Gasteiger partial charge on any atom is 0.0541 e. The van der Waals surface area contributed by atoms with Crippen LogP contribution in [-0.2, 0) is 11.8 Å². The van der Waals surface area contributed by atoms with Crippen molar-refractivity contribution in [2.24, 2.45) is 0 Å². The highest BCUT2D eigenvalue weighted by Gasteiger charge is 2.37. The summed E-state index contributed by atoms with van der Waals surface area (Å²) in [6.45, 7) is 9.28. The number of fused-ring (bicyclic) bond motifs is 9. The van der Waals surface area contributed by atoms with E-state index in [9.17, 15) is 0 Å². The minimum absolute atomic E-state index is 0.0554. The van der Waals surface area contributed by atoms with Crippen molar-refractivity contribution in [3.05, 3.63) is 197 Å². The number of nitrogens with zero attached hydrogens (tertiary/aromatic N) is 2. The van der Waals surface area contributed by atoms with Crippen LogP contribution in [-0.4, -0.2) is 9.13 Å². The van der Waals surface area contributed by atoms with Crippen LogP contribution in [0.1, 0.15) is 58.8 Å². The van der Waals surface area contributed by atoms with Crippen LogP contribution in [0.5, 0.6) is 0 Å². The van der Waals surface area contributed by atoms with E-state index in [-0.39, 0.29) is 5.41 Å². The Bertz CT molecular complexity index is 3020. The first kappa shape index (κ1) is 32.1. The number of rotatable bonds is 4. The van der Waals surface area contributed by atoms with Crippen LogP contribution < -0.4 is 0 Å². The van der Waals surface area contributed by atoms with Gasteiger partial charge in [0.1, 0.15) is 0 Å². The summed E-state index contributed by atoms with van der Waals surface area (Å²) in [5.41, 5.74) is 21.0. The van der Waals surface area contributed by atoms with Gasteiger partial charge in [-0.05, 0) is 124 Å². The Morgan fingerprint density at radius 2 is 1.24 bits per heavy atom. The van der Waals surface area contributed by atoms with Gasteiger partial charge < -0.3 is 9.13 Å². The molecule has 2 aliphatic rings. The summed E-state index contributed by atoms with van der Waals surface area (Å²) >= 11 is 0. The first-order valence-electron chi connectivity index (χ1n) is 19.6. The van der Waals surface area contributed by atoms with E-state index in [1.807, 2.05) is 0 Å². The standard InChI is InChI=1S/C53H42N2/c1-33-13-12-14-34(2)52(33)55-50-28-26-38(30-44(50)45-31-42-40-17-8-10-19-46(40)53(3,4)47(42)32-51(45)55)36-23-21-35(22-24-36)37-25-27-49-43(29-37)41-18-9-11-20-48(41)54(49)39-15-6-5-7-16-39/h5-29,31-32,38H,30H2,1-4H3. The van der Waals surface area contributed by atoms with Crippen LogP contribution in [0.25, 0.3) is 72.4 Å². The minimum Gasteiger partial charge on any atom is -0.309 e. The van der Waals surface area contributed by atoms with Crippen molar-refractivity contribution in [3.63, 3.8) is 0 Å². The molecule has 0 saturated heterocycles. The van der Waals surface area contributed by atoms with Crippen molar-refractivity contribution in [3.8, 4) is 33.6 Å². The van der Waals surface area contributed by atoms with Gasteiger partial charge in [-0.2, -0.15) is 0 Å². The van der Waals surface area contributed by atoms with E-state index in [0.29, 0.717) is 5.92 Å². The average Bonchev–Trinajstić information content (AvgIpc) is 3.80. The van der Waals surface area contributed by atoms with Crippen molar-refractivity contribution in [1.82, 2.24) is 9.13 Å². The maximum absolute atomic E-state index is 2.56. The third kappa shape index (κ3) is 4.67. The molecule has 0 amide bonds. The highest BCUT2D eigenvalue weighted by molar-refractivity contribution is 6.10. The second-order valence-corrected chi connectivity index (χ2v) is 16.2. The molecule has 0 fully saturated rings. The normalized spacial score (nSPS) is 15.5. The number of hydrogen-bond donors (Lipinski definition) is 0. The molecule has 2 aliphatic carbocycles. The fourth-order valence-corrected chi connectivity index (χ4v) is 10.0. The number of benzene rings is 7. The summed E-state index contributed by atoms with van der Waals surface area (Å²) in [7, 11) is 0. The van der Waals surface area contributed by atoms with E-state index in [1.165, 1.54) is 105 Å². The van der Waals surface area contributed by atoms with E-state index in [2.05, 4.69) is 201 Å². The van der Waals surface area contributed by atoms with Gasteiger partial charge in [0.05, 0.1) is 22.2 Å². The topological polar surface area (TPSA) is 9.86 Å². The number of aromatic nitrogens is 2. The number of allylic oxidation sites excluding steroid dienone is 1. The van der Waals surface area contributed by atoms with Gasteiger partial charge >= 0.3 is 0 Å². The quantitative estimate of drug-likeness (QED) is 0.172. The van der Waals surface area contributed by atoms with Gasteiger partial charge in [0.25, 0.3) is 0 Å². The molecule has 0 radical (unpaired) electrons. The SMILES string of the molecule is Cc1cccc(C)c1-n1c2c(c3cc4c(cc31)C(C)(C)c1ccccc1-4)CC(c1ccc(-c3ccc4c(c3)c3ccccc3n4-c3ccccc3)cc1)C=C2. The zero-order chi connectivity index (χ0) is 37.0. The van der Waals surface area contributed by atoms with Gasteiger partial charge in [0.2, 0.25) is 0 Å². The zero-order valence-corrected chi connectivity index (χ0v) is 31.8. The Labute approximate surface area is 322 Å². The predicted molar refractivity (Wildman–Crippen MR) is 232 cm³/mol. The largest absolute Gasteiger partial charge is 0.309 e.